The first-order chi connectivity index (χ1) is 20.8. The Hall–Kier alpha value is -4.84. The maximum atomic E-state index is 12.8. The van der Waals surface area contributed by atoms with Crippen LogP contribution in [0, 0.1) is 11.3 Å². The van der Waals surface area contributed by atoms with Crippen LogP contribution in [0.25, 0.3) is 0 Å². The first-order valence-corrected chi connectivity index (χ1v) is 14.0. The molecule has 5 rings (SSSR count). The van der Waals surface area contributed by atoms with E-state index < -0.39 is 11.9 Å². The van der Waals surface area contributed by atoms with Gasteiger partial charge in [0.2, 0.25) is 5.88 Å². The summed E-state index contributed by atoms with van der Waals surface area (Å²) in [4.78, 5) is 12.8. The summed E-state index contributed by atoms with van der Waals surface area (Å²) in [5, 5.41) is 10.9. The van der Waals surface area contributed by atoms with Gasteiger partial charge in [-0.05, 0) is 55.0 Å². The van der Waals surface area contributed by atoms with Crippen LogP contribution < -0.4 is 29.4 Å². The Morgan fingerprint density at radius 3 is 2.47 bits per heavy atom. The summed E-state index contributed by atoms with van der Waals surface area (Å²) in [6.45, 7) is 2.52. The second-order valence-electron chi connectivity index (χ2n) is 9.38. The molecule has 0 aromatic heterocycles. The maximum absolute atomic E-state index is 12.8. The van der Waals surface area contributed by atoms with Crippen LogP contribution in [0.3, 0.4) is 0 Å². The van der Waals surface area contributed by atoms with Crippen molar-refractivity contribution in [1.82, 2.24) is 0 Å². The van der Waals surface area contributed by atoms with Gasteiger partial charge in [-0.3, -0.25) is 0 Å². The van der Waals surface area contributed by atoms with Gasteiger partial charge in [-0.15, -0.1) is 0 Å². The molecule has 4 aromatic rings. The second kappa shape index (κ2) is 13.0. The van der Waals surface area contributed by atoms with Crippen molar-refractivity contribution in [3.63, 3.8) is 0 Å². The monoisotopic (exact) mass is 616 g/mol. The number of hydrogen-bond acceptors (Lipinski definition) is 8. The minimum Gasteiger partial charge on any atom is -0.495 e. The lowest BCUT2D eigenvalue weighted by Gasteiger charge is -2.27. The van der Waals surface area contributed by atoms with Crippen molar-refractivity contribution in [1.29, 1.82) is 5.26 Å². The van der Waals surface area contributed by atoms with Crippen LogP contribution in [0.2, 0.25) is 10.0 Å². The van der Waals surface area contributed by atoms with E-state index >= 15 is 0 Å². The molecule has 0 spiro atoms. The molecule has 0 amide bonds. The number of nitrogens with two attached hydrogens (primary N) is 1. The summed E-state index contributed by atoms with van der Waals surface area (Å²) in [5.74, 6) is 0.783. The van der Waals surface area contributed by atoms with E-state index in [1.165, 1.54) is 13.2 Å². The van der Waals surface area contributed by atoms with E-state index in [2.05, 4.69) is 6.07 Å². The van der Waals surface area contributed by atoms with Crippen LogP contribution in [0.1, 0.15) is 39.9 Å². The SMILES string of the molecule is CCOc1cc(C2C(C#N)=C(N)Oc3cc(OC(=O)c4ccc(OC)c(Cl)c4)ccc32)ccc1OCc1ccccc1Cl. The van der Waals surface area contributed by atoms with Crippen molar-refractivity contribution in [3.05, 3.63) is 123 Å². The molecule has 218 valence electrons. The molecule has 1 aliphatic heterocycles. The van der Waals surface area contributed by atoms with Gasteiger partial charge in [0.1, 0.15) is 35.5 Å². The molecule has 4 aromatic carbocycles. The largest absolute Gasteiger partial charge is 0.495 e. The molecule has 0 saturated heterocycles. The predicted molar refractivity (Wildman–Crippen MR) is 162 cm³/mol. The van der Waals surface area contributed by atoms with Crippen molar-refractivity contribution >= 4 is 29.2 Å². The third-order valence-electron chi connectivity index (χ3n) is 6.73. The number of esters is 1. The van der Waals surface area contributed by atoms with Crippen LogP contribution >= 0.6 is 23.2 Å². The Morgan fingerprint density at radius 2 is 1.74 bits per heavy atom. The number of carbonyl (C=O) groups is 1. The number of hydrogen-bond donors (Lipinski definition) is 1. The number of halogens is 2. The minimum absolute atomic E-state index is 0.0533. The molecule has 2 N–H and O–H groups in total. The van der Waals surface area contributed by atoms with Gasteiger partial charge in [0.25, 0.3) is 0 Å². The molecule has 0 radical (unpaired) electrons. The van der Waals surface area contributed by atoms with Crippen LogP contribution in [0.4, 0.5) is 0 Å². The van der Waals surface area contributed by atoms with Crippen molar-refractivity contribution in [2.24, 2.45) is 5.73 Å². The molecule has 43 heavy (non-hydrogen) atoms. The molecule has 0 bridgehead atoms. The van der Waals surface area contributed by atoms with Crippen molar-refractivity contribution < 1.29 is 28.5 Å². The van der Waals surface area contributed by atoms with Crippen LogP contribution in [-0.4, -0.2) is 19.7 Å². The zero-order valence-electron chi connectivity index (χ0n) is 23.2. The van der Waals surface area contributed by atoms with Crippen molar-refractivity contribution in [2.45, 2.75) is 19.4 Å². The van der Waals surface area contributed by atoms with E-state index in [0.717, 1.165) is 11.1 Å². The van der Waals surface area contributed by atoms with Gasteiger partial charge in [0.05, 0.1) is 30.2 Å². The minimum atomic E-state index is -0.619. The van der Waals surface area contributed by atoms with Gasteiger partial charge < -0.3 is 29.4 Å². The van der Waals surface area contributed by atoms with Gasteiger partial charge in [-0.2, -0.15) is 5.26 Å². The highest BCUT2D eigenvalue weighted by Gasteiger charge is 2.32. The van der Waals surface area contributed by atoms with Crippen LogP contribution in [-0.2, 0) is 6.61 Å². The van der Waals surface area contributed by atoms with Gasteiger partial charge in [0, 0.05) is 22.2 Å². The summed E-state index contributed by atoms with van der Waals surface area (Å²) >= 11 is 12.5. The lowest BCUT2D eigenvalue weighted by molar-refractivity contribution is 0.0734. The smallest absolute Gasteiger partial charge is 0.343 e. The highest BCUT2D eigenvalue weighted by molar-refractivity contribution is 6.32. The Bertz CT molecular complexity index is 1760. The highest BCUT2D eigenvalue weighted by Crippen LogP contribution is 2.45. The highest BCUT2D eigenvalue weighted by atomic mass is 35.5. The fourth-order valence-electron chi connectivity index (χ4n) is 4.66. The van der Waals surface area contributed by atoms with Gasteiger partial charge in [-0.25, -0.2) is 4.79 Å². The van der Waals surface area contributed by atoms with Crippen LogP contribution in [0.5, 0.6) is 28.7 Å². The maximum Gasteiger partial charge on any atom is 0.343 e. The van der Waals surface area contributed by atoms with Gasteiger partial charge in [0.15, 0.2) is 11.5 Å². The molecule has 1 aliphatic rings. The second-order valence-corrected chi connectivity index (χ2v) is 10.2. The van der Waals surface area contributed by atoms with Crippen molar-refractivity contribution in [2.75, 3.05) is 13.7 Å². The molecule has 1 atom stereocenters. The molecule has 0 saturated carbocycles. The summed E-state index contributed by atoms with van der Waals surface area (Å²) in [6.07, 6.45) is 0. The molecular formula is C33H26Cl2N2O6. The molecule has 0 aliphatic carbocycles. The quantitative estimate of drug-likeness (QED) is 0.153. The summed E-state index contributed by atoms with van der Waals surface area (Å²) in [7, 11) is 1.49. The average molecular weight is 617 g/mol. The summed E-state index contributed by atoms with van der Waals surface area (Å²) in [5.41, 5.74) is 8.91. The van der Waals surface area contributed by atoms with E-state index in [-0.39, 0.29) is 34.4 Å². The number of nitriles is 1. The number of carbonyl (C=O) groups excluding carboxylic acids is 1. The van der Waals surface area contributed by atoms with E-state index in [1.54, 1.807) is 42.5 Å². The standard InChI is InChI=1S/C33H26Cl2N2O6/c1-3-40-30-15-19(8-13-28(30)41-18-21-6-4-5-7-25(21)34)31-23-11-10-22(16-29(23)43-32(37)24(31)17-36)42-33(38)20-9-12-27(39-2)26(35)14-20/h4-16,31H,3,18,37H2,1-2H3. The number of nitrogens with zero attached hydrogens (tertiary/aromatic N) is 1. The number of fused-ring (bicyclic) bond motifs is 1. The molecule has 1 unspecified atom stereocenters. The lowest BCUT2D eigenvalue weighted by Crippen LogP contribution is -2.21. The average Bonchev–Trinajstić information content (AvgIpc) is 3.00. The fraction of sp³-hybridized carbons (Fsp3) is 0.152. The van der Waals surface area contributed by atoms with Gasteiger partial charge >= 0.3 is 5.97 Å². The topological polar surface area (TPSA) is 113 Å². The molecule has 1 heterocycles. The van der Waals surface area contributed by atoms with E-state index in [9.17, 15) is 10.1 Å². The Kier molecular flexibility index (Phi) is 8.96. The molecule has 10 heteroatoms. The van der Waals surface area contributed by atoms with Crippen LogP contribution in [0.15, 0.2) is 90.3 Å². The summed E-state index contributed by atoms with van der Waals surface area (Å²) in [6, 6.07) is 24.6. The number of allylic oxidation sites excluding steroid dienone is 1. The van der Waals surface area contributed by atoms with Gasteiger partial charge in [-0.1, -0.05) is 53.5 Å². The number of rotatable bonds is 9. The summed E-state index contributed by atoms with van der Waals surface area (Å²) < 4.78 is 28.5. The molecule has 8 nitrogen and oxygen atoms in total. The first-order valence-electron chi connectivity index (χ1n) is 13.2. The van der Waals surface area contributed by atoms with E-state index in [0.29, 0.717) is 40.2 Å². The normalized spacial score (nSPS) is 13.8. The first kappa shape index (κ1) is 29.6. The Balaban J connectivity index is 1.44. The lowest BCUT2D eigenvalue weighted by atomic mass is 9.83. The van der Waals surface area contributed by atoms with E-state index in [1.807, 2.05) is 37.3 Å². The zero-order chi connectivity index (χ0) is 30.5. The van der Waals surface area contributed by atoms with E-state index in [4.69, 9.17) is 52.6 Å². The number of ether oxygens (including phenoxy) is 5. The fourth-order valence-corrected chi connectivity index (χ4v) is 5.11. The van der Waals surface area contributed by atoms with Crippen molar-refractivity contribution in [3.8, 4) is 34.8 Å². The third-order valence-corrected chi connectivity index (χ3v) is 7.39. The molecule has 0 fully saturated rings. The third kappa shape index (κ3) is 6.33. The zero-order valence-corrected chi connectivity index (χ0v) is 24.7. The number of benzene rings is 4. The Morgan fingerprint density at radius 1 is 0.953 bits per heavy atom. The molecular weight excluding hydrogens is 591 g/mol. The predicted octanol–water partition coefficient (Wildman–Crippen LogP) is 7.42. The Labute approximate surface area is 258 Å². The number of methoxy groups -OCH3 is 1.